The fourth-order valence-corrected chi connectivity index (χ4v) is 4.12. The average Bonchev–Trinajstić information content (AvgIpc) is 3.00. The Morgan fingerprint density at radius 2 is 2.23 bits per heavy atom. The minimum atomic E-state index is 0.733. The van der Waals surface area contributed by atoms with Gasteiger partial charge < -0.3 is 4.74 Å². The molecule has 4 rings (SSSR count). The fourth-order valence-electron chi connectivity index (χ4n) is 2.88. The highest BCUT2D eigenvalue weighted by atomic mass is 32.1. The maximum Gasteiger partial charge on any atom is 0.167 e. The summed E-state index contributed by atoms with van der Waals surface area (Å²) >= 11 is 1.73. The Labute approximate surface area is 155 Å². The van der Waals surface area contributed by atoms with Gasteiger partial charge in [0.2, 0.25) is 0 Å². The van der Waals surface area contributed by atoms with Crippen LogP contribution in [0.4, 0.5) is 5.82 Å². The van der Waals surface area contributed by atoms with Crippen LogP contribution in [0, 0.1) is 6.92 Å². The van der Waals surface area contributed by atoms with Crippen molar-refractivity contribution in [3.8, 4) is 0 Å². The van der Waals surface area contributed by atoms with Gasteiger partial charge in [-0.1, -0.05) is 6.07 Å². The quantitative estimate of drug-likeness (QED) is 0.551. The summed E-state index contributed by atoms with van der Waals surface area (Å²) in [6.07, 6.45) is 6.82. The maximum absolute atomic E-state index is 5.44. The lowest BCUT2D eigenvalue weighted by atomic mass is 10.2. The molecular weight excluding hydrogens is 348 g/mol. The molecule has 1 N–H and O–H groups in total. The third-order valence-electron chi connectivity index (χ3n) is 4.34. The first-order valence-corrected chi connectivity index (χ1v) is 9.35. The smallest absolute Gasteiger partial charge is 0.167 e. The molecule has 0 spiro atoms. The molecule has 0 unspecified atom stereocenters. The van der Waals surface area contributed by atoms with E-state index in [9.17, 15) is 0 Å². The van der Waals surface area contributed by atoms with Crippen LogP contribution in [-0.2, 0) is 11.3 Å². The van der Waals surface area contributed by atoms with Crippen molar-refractivity contribution in [1.82, 2.24) is 19.9 Å². The number of aromatic nitrogens is 3. The molecule has 0 radical (unpaired) electrons. The molecule has 4 heterocycles. The molecule has 0 amide bonds. The van der Waals surface area contributed by atoms with Gasteiger partial charge in [0.05, 0.1) is 29.6 Å². The minimum absolute atomic E-state index is 0.733. The Kier molecular flexibility index (Phi) is 5.14. The predicted octanol–water partition coefficient (Wildman–Crippen LogP) is 2.67. The Balaban J connectivity index is 1.55. The second-order valence-corrected chi connectivity index (χ2v) is 7.20. The van der Waals surface area contributed by atoms with Crippen molar-refractivity contribution < 1.29 is 4.74 Å². The first-order valence-electron chi connectivity index (χ1n) is 8.53. The van der Waals surface area contributed by atoms with Crippen LogP contribution in [-0.4, -0.2) is 52.4 Å². The summed E-state index contributed by atoms with van der Waals surface area (Å²) in [5, 5.41) is 4.29. The van der Waals surface area contributed by atoms with E-state index in [4.69, 9.17) is 4.74 Å². The second kappa shape index (κ2) is 7.86. The molecule has 1 aliphatic rings. The lowest BCUT2D eigenvalue weighted by Gasteiger charge is -2.26. The van der Waals surface area contributed by atoms with Crippen LogP contribution in [0.15, 0.2) is 36.0 Å². The van der Waals surface area contributed by atoms with E-state index in [-0.39, 0.29) is 0 Å². The van der Waals surface area contributed by atoms with E-state index in [2.05, 4.69) is 37.3 Å². The number of rotatable bonds is 5. The normalized spacial score (nSPS) is 15.7. The number of hydrogen-bond donors (Lipinski definition) is 1. The Bertz CT molecular complexity index is 905. The molecule has 3 aromatic rings. The van der Waals surface area contributed by atoms with Crippen molar-refractivity contribution in [2.24, 2.45) is 5.10 Å². The van der Waals surface area contributed by atoms with Gasteiger partial charge >= 0.3 is 0 Å². The lowest BCUT2D eigenvalue weighted by Crippen LogP contribution is -2.35. The molecule has 0 saturated carbocycles. The summed E-state index contributed by atoms with van der Waals surface area (Å²) in [5.74, 6) is 0.733. The summed E-state index contributed by atoms with van der Waals surface area (Å²) in [5.41, 5.74) is 6.19. The zero-order valence-electron chi connectivity index (χ0n) is 14.6. The topological polar surface area (TPSA) is 75.5 Å². The molecule has 134 valence electrons. The lowest BCUT2D eigenvalue weighted by molar-refractivity contribution is 0.0346. The van der Waals surface area contributed by atoms with Crippen LogP contribution < -0.4 is 5.43 Å². The zero-order chi connectivity index (χ0) is 17.8. The molecule has 0 atom stereocenters. The van der Waals surface area contributed by atoms with Crippen LogP contribution in [0.3, 0.4) is 0 Å². The van der Waals surface area contributed by atoms with Gasteiger partial charge in [-0.3, -0.25) is 15.3 Å². The van der Waals surface area contributed by atoms with Crippen molar-refractivity contribution in [2.45, 2.75) is 13.5 Å². The van der Waals surface area contributed by atoms with Crippen LogP contribution in [0.2, 0.25) is 0 Å². The molecule has 0 bridgehead atoms. The number of hydrogen-bond acceptors (Lipinski definition) is 8. The third-order valence-corrected chi connectivity index (χ3v) is 5.61. The SMILES string of the molecule is Cc1c(CN2CCOCC2)sc2c(N/N=C/c3cccnc3)ncnc12. The standard InChI is InChI=1S/C18H20N6OS/c1-13-15(11-24-5-7-25-8-6-24)26-17-16(13)20-12-21-18(17)23-22-10-14-3-2-4-19-9-14/h2-4,9-10,12H,5-8,11H2,1H3,(H,20,21,23)/b22-10+. The Morgan fingerprint density at radius 1 is 1.35 bits per heavy atom. The monoisotopic (exact) mass is 368 g/mol. The van der Waals surface area contributed by atoms with Crippen LogP contribution in [0.5, 0.6) is 0 Å². The molecule has 1 saturated heterocycles. The number of anilines is 1. The summed E-state index contributed by atoms with van der Waals surface area (Å²) in [7, 11) is 0. The number of ether oxygens (including phenoxy) is 1. The van der Waals surface area contributed by atoms with Crippen molar-refractivity contribution in [3.63, 3.8) is 0 Å². The van der Waals surface area contributed by atoms with E-state index >= 15 is 0 Å². The average molecular weight is 368 g/mol. The molecule has 8 heteroatoms. The van der Waals surface area contributed by atoms with Crippen molar-refractivity contribution in [1.29, 1.82) is 0 Å². The van der Waals surface area contributed by atoms with Gasteiger partial charge in [-0.25, -0.2) is 9.97 Å². The van der Waals surface area contributed by atoms with Crippen molar-refractivity contribution in [2.75, 3.05) is 31.7 Å². The number of fused-ring (bicyclic) bond motifs is 1. The molecule has 26 heavy (non-hydrogen) atoms. The first-order chi connectivity index (χ1) is 12.8. The van der Waals surface area contributed by atoms with Crippen molar-refractivity contribution >= 4 is 33.6 Å². The van der Waals surface area contributed by atoms with E-state index in [1.165, 1.54) is 10.4 Å². The van der Waals surface area contributed by atoms with Gasteiger partial charge in [0.15, 0.2) is 5.82 Å². The summed E-state index contributed by atoms with van der Waals surface area (Å²) in [6, 6.07) is 3.83. The largest absolute Gasteiger partial charge is 0.379 e. The fraction of sp³-hybridized carbons (Fsp3) is 0.333. The summed E-state index contributed by atoms with van der Waals surface area (Å²) in [4.78, 5) is 16.7. The van der Waals surface area contributed by atoms with Crippen molar-refractivity contribution in [3.05, 3.63) is 46.9 Å². The molecule has 0 aliphatic carbocycles. The van der Waals surface area contributed by atoms with Gasteiger partial charge in [-0.2, -0.15) is 5.10 Å². The highest BCUT2D eigenvalue weighted by molar-refractivity contribution is 7.19. The first kappa shape index (κ1) is 17.0. The third kappa shape index (κ3) is 3.72. The molecule has 7 nitrogen and oxygen atoms in total. The van der Waals surface area contributed by atoms with Gasteiger partial charge in [0, 0.05) is 42.5 Å². The number of thiophene rings is 1. The van der Waals surface area contributed by atoms with Gasteiger partial charge in [0.1, 0.15) is 6.33 Å². The van der Waals surface area contributed by atoms with E-state index in [1.807, 2.05) is 12.1 Å². The van der Waals surface area contributed by atoms with Gasteiger partial charge in [-0.15, -0.1) is 11.3 Å². The summed E-state index contributed by atoms with van der Waals surface area (Å²) in [6.45, 7) is 6.61. The van der Waals surface area contributed by atoms with E-state index in [0.29, 0.717) is 0 Å². The second-order valence-electron chi connectivity index (χ2n) is 6.10. The van der Waals surface area contributed by atoms with Crippen LogP contribution >= 0.6 is 11.3 Å². The molecular formula is C18H20N6OS. The number of nitrogens with zero attached hydrogens (tertiary/aromatic N) is 5. The highest BCUT2D eigenvalue weighted by Crippen LogP contribution is 2.34. The minimum Gasteiger partial charge on any atom is -0.379 e. The number of morpholine rings is 1. The Morgan fingerprint density at radius 3 is 3.04 bits per heavy atom. The summed E-state index contributed by atoms with van der Waals surface area (Å²) < 4.78 is 6.47. The molecule has 1 aliphatic heterocycles. The van der Waals surface area contributed by atoms with Gasteiger partial charge in [0.25, 0.3) is 0 Å². The number of hydrazone groups is 1. The molecule has 3 aromatic heterocycles. The van der Waals surface area contributed by atoms with Crippen LogP contribution in [0.25, 0.3) is 10.2 Å². The molecule has 1 fully saturated rings. The molecule has 0 aromatic carbocycles. The van der Waals surface area contributed by atoms with E-state index < -0.39 is 0 Å². The Hall–Kier alpha value is -2.42. The maximum atomic E-state index is 5.44. The predicted molar refractivity (Wildman–Crippen MR) is 104 cm³/mol. The van der Waals surface area contributed by atoms with E-state index in [1.54, 1.807) is 36.3 Å². The zero-order valence-corrected chi connectivity index (χ0v) is 15.4. The number of aryl methyl sites for hydroxylation is 1. The number of pyridine rings is 1. The number of nitrogens with one attached hydrogen (secondary N) is 1. The highest BCUT2D eigenvalue weighted by Gasteiger charge is 2.17. The van der Waals surface area contributed by atoms with Gasteiger partial charge in [-0.05, 0) is 18.6 Å². The van der Waals surface area contributed by atoms with Crippen LogP contribution in [0.1, 0.15) is 16.0 Å². The van der Waals surface area contributed by atoms with E-state index in [0.717, 1.165) is 54.4 Å².